The lowest BCUT2D eigenvalue weighted by Gasteiger charge is -2.44. The molecule has 0 fully saturated rings. The van der Waals surface area contributed by atoms with Crippen LogP contribution in [-0.2, 0) is 9.59 Å². The summed E-state index contributed by atoms with van der Waals surface area (Å²) in [6.45, 7) is 17.2. The number of carbonyl (C=O) groups is 2. The van der Waals surface area contributed by atoms with Crippen molar-refractivity contribution in [3.05, 3.63) is 0 Å². The monoisotopic (exact) mass is 284 g/mol. The maximum atomic E-state index is 12.6. The summed E-state index contributed by atoms with van der Waals surface area (Å²) in [6.07, 6.45) is 0.815. The summed E-state index contributed by atoms with van der Waals surface area (Å²) >= 11 is 0. The van der Waals surface area contributed by atoms with E-state index in [1.54, 1.807) is 0 Å². The van der Waals surface area contributed by atoms with Crippen molar-refractivity contribution in [2.45, 2.75) is 61.8 Å². The minimum absolute atomic E-state index is 0.0604. The van der Waals surface area contributed by atoms with Gasteiger partial charge in [-0.05, 0) is 17.3 Å². The van der Waals surface area contributed by atoms with Gasteiger partial charge in [-0.3, -0.25) is 9.59 Å². The first-order valence-corrected chi connectivity index (χ1v) is 7.32. The van der Waals surface area contributed by atoms with Crippen molar-refractivity contribution in [2.24, 2.45) is 16.2 Å². The first-order valence-electron chi connectivity index (χ1n) is 7.32. The van der Waals surface area contributed by atoms with Crippen molar-refractivity contribution >= 4 is 11.8 Å². The van der Waals surface area contributed by atoms with Gasteiger partial charge in [0.2, 0.25) is 11.8 Å². The average Bonchev–Trinajstić information content (AvgIpc) is 2.19. The second-order valence-electron chi connectivity index (χ2n) is 8.06. The van der Waals surface area contributed by atoms with Crippen LogP contribution in [0.3, 0.4) is 0 Å². The van der Waals surface area contributed by atoms with E-state index >= 15 is 0 Å². The minimum atomic E-state index is -0.443. The molecule has 0 rings (SSSR count). The predicted molar refractivity (Wildman–Crippen MR) is 83.3 cm³/mol. The van der Waals surface area contributed by atoms with E-state index in [-0.39, 0.29) is 22.6 Å². The number of amides is 2. The number of hydrogen-bond donors (Lipinski definition) is 2. The standard InChI is InChI=1S/C16H32N2O2/c1-12(19)17-9-10-18-13(20)16(8,15(5,6)7)11-14(2,3)4/h9-11H2,1-8H3,(H,17,19)(H,18,20). The van der Waals surface area contributed by atoms with Crippen molar-refractivity contribution in [3.8, 4) is 0 Å². The molecule has 20 heavy (non-hydrogen) atoms. The molecule has 0 saturated carbocycles. The summed E-state index contributed by atoms with van der Waals surface area (Å²) in [7, 11) is 0. The zero-order valence-corrected chi connectivity index (χ0v) is 14.4. The number of hydrogen-bond acceptors (Lipinski definition) is 2. The Hall–Kier alpha value is -1.06. The molecule has 0 saturated heterocycles. The van der Waals surface area contributed by atoms with Crippen LogP contribution in [-0.4, -0.2) is 24.9 Å². The predicted octanol–water partition coefficient (Wildman–Crippen LogP) is 2.73. The summed E-state index contributed by atoms with van der Waals surface area (Å²) < 4.78 is 0. The molecule has 1 atom stereocenters. The highest BCUT2D eigenvalue weighted by Crippen LogP contribution is 2.46. The van der Waals surface area contributed by atoms with Crippen LogP contribution in [0.1, 0.15) is 61.8 Å². The Morgan fingerprint density at radius 2 is 1.30 bits per heavy atom. The fourth-order valence-corrected chi connectivity index (χ4v) is 2.36. The molecule has 0 radical (unpaired) electrons. The highest BCUT2D eigenvalue weighted by Gasteiger charge is 2.46. The van der Waals surface area contributed by atoms with Crippen molar-refractivity contribution in [2.75, 3.05) is 13.1 Å². The largest absolute Gasteiger partial charge is 0.355 e. The van der Waals surface area contributed by atoms with Gasteiger partial charge in [0.25, 0.3) is 0 Å². The summed E-state index contributed by atoms with van der Waals surface area (Å²) in [5, 5.41) is 5.64. The van der Waals surface area contributed by atoms with Crippen LogP contribution in [0.2, 0.25) is 0 Å². The fraction of sp³-hybridized carbons (Fsp3) is 0.875. The van der Waals surface area contributed by atoms with E-state index < -0.39 is 5.41 Å². The first-order chi connectivity index (χ1) is 8.79. The molecule has 0 aliphatic carbocycles. The molecule has 0 aliphatic heterocycles. The highest BCUT2D eigenvalue weighted by molar-refractivity contribution is 5.83. The SMILES string of the molecule is CC(=O)NCCNC(=O)C(C)(CC(C)(C)C)C(C)(C)C. The summed E-state index contributed by atoms with van der Waals surface area (Å²) in [6, 6.07) is 0. The lowest BCUT2D eigenvalue weighted by atomic mass is 9.61. The second kappa shape index (κ2) is 6.59. The molecule has 4 nitrogen and oxygen atoms in total. The molecule has 0 aromatic heterocycles. The quantitative estimate of drug-likeness (QED) is 0.763. The number of carbonyl (C=O) groups excluding carboxylic acids is 2. The third-order valence-electron chi connectivity index (χ3n) is 3.82. The molecule has 0 spiro atoms. The van der Waals surface area contributed by atoms with Gasteiger partial charge < -0.3 is 10.6 Å². The van der Waals surface area contributed by atoms with Crippen LogP contribution < -0.4 is 10.6 Å². The number of nitrogens with one attached hydrogen (secondary N) is 2. The number of rotatable bonds is 5. The van der Waals surface area contributed by atoms with Crippen LogP contribution in [0.4, 0.5) is 0 Å². The van der Waals surface area contributed by atoms with E-state index in [1.807, 2.05) is 6.92 Å². The maximum Gasteiger partial charge on any atom is 0.226 e. The first kappa shape index (κ1) is 18.9. The van der Waals surface area contributed by atoms with Gasteiger partial charge in [0.15, 0.2) is 0 Å². The zero-order chi connectivity index (χ0) is 16.2. The molecule has 1 unspecified atom stereocenters. The topological polar surface area (TPSA) is 58.2 Å². The zero-order valence-electron chi connectivity index (χ0n) is 14.4. The van der Waals surface area contributed by atoms with Gasteiger partial charge in [-0.2, -0.15) is 0 Å². The van der Waals surface area contributed by atoms with Crippen LogP contribution >= 0.6 is 0 Å². The van der Waals surface area contributed by atoms with Crippen molar-refractivity contribution in [1.82, 2.24) is 10.6 Å². The summed E-state index contributed by atoms with van der Waals surface area (Å²) in [4.78, 5) is 23.4. The average molecular weight is 284 g/mol. The Morgan fingerprint density at radius 1 is 0.850 bits per heavy atom. The Balaban J connectivity index is 4.80. The minimum Gasteiger partial charge on any atom is -0.355 e. The molecular formula is C16H32N2O2. The van der Waals surface area contributed by atoms with Crippen molar-refractivity contribution in [3.63, 3.8) is 0 Å². The van der Waals surface area contributed by atoms with Crippen molar-refractivity contribution in [1.29, 1.82) is 0 Å². The van der Waals surface area contributed by atoms with Gasteiger partial charge in [-0.15, -0.1) is 0 Å². The smallest absolute Gasteiger partial charge is 0.226 e. The maximum absolute atomic E-state index is 12.6. The van der Waals surface area contributed by atoms with Crippen LogP contribution in [0, 0.1) is 16.2 Å². The molecule has 0 aliphatic rings. The molecule has 2 amide bonds. The third-order valence-corrected chi connectivity index (χ3v) is 3.82. The Morgan fingerprint density at radius 3 is 1.65 bits per heavy atom. The summed E-state index contributed by atoms with van der Waals surface area (Å²) in [5.41, 5.74) is -0.489. The van der Waals surface area contributed by atoms with Crippen LogP contribution in [0.5, 0.6) is 0 Å². The van der Waals surface area contributed by atoms with E-state index in [0.717, 1.165) is 6.42 Å². The van der Waals surface area contributed by atoms with Gasteiger partial charge in [-0.1, -0.05) is 48.5 Å². The second-order valence-corrected chi connectivity index (χ2v) is 8.06. The molecular weight excluding hydrogens is 252 g/mol. The van der Waals surface area contributed by atoms with Crippen LogP contribution in [0.15, 0.2) is 0 Å². The Kier molecular flexibility index (Phi) is 6.25. The molecule has 2 N–H and O–H groups in total. The van der Waals surface area contributed by atoms with E-state index in [9.17, 15) is 9.59 Å². The lowest BCUT2D eigenvalue weighted by Crippen LogP contribution is -2.50. The van der Waals surface area contributed by atoms with E-state index in [2.05, 4.69) is 52.2 Å². The molecule has 0 heterocycles. The highest BCUT2D eigenvalue weighted by atomic mass is 16.2. The van der Waals surface area contributed by atoms with E-state index in [0.29, 0.717) is 13.1 Å². The van der Waals surface area contributed by atoms with E-state index in [4.69, 9.17) is 0 Å². The molecule has 4 heteroatoms. The lowest BCUT2D eigenvalue weighted by molar-refractivity contribution is -0.139. The van der Waals surface area contributed by atoms with Crippen molar-refractivity contribution < 1.29 is 9.59 Å². The normalized spacial score (nSPS) is 15.4. The third kappa shape index (κ3) is 5.93. The fourth-order valence-electron chi connectivity index (χ4n) is 2.36. The molecule has 118 valence electrons. The van der Waals surface area contributed by atoms with Gasteiger partial charge in [0, 0.05) is 20.0 Å². The molecule has 0 aromatic carbocycles. The Bertz CT molecular complexity index is 350. The molecule has 0 aromatic rings. The van der Waals surface area contributed by atoms with E-state index in [1.165, 1.54) is 6.92 Å². The van der Waals surface area contributed by atoms with Gasteiger partial charge in [0.1, 0.15) is 0 Å². The summed E-state index contributed by atoms with van der Waals surface area (Å²) in [5.74, 6) is -0.0159. The van der Waals surface area contributed by atoms with Gasteiger partial charge in [0.05, 0.1) is 5.41 Å². The van der Waals surface area contributed by atoms with Gasteiger partial charge in [-0.25, -0.2) is 0 Å². The van der Waals surface area contributed by atoms with Crippen LogP contribution in [0.25, 0.3) is 0 Å². The van der Waals surface area contributed by atoms with Gasteiger partial charge >= 0.3 is 0 Å². The molecule has 0 bridgehead atoms. The Labute approximate surface area is 124 Å².